The maximum Gasteiger partial charge on any atom is 0.230 e. The average Bonchev–Trinajstić information content (AvgIpc) is 2.46. The van der Waals surface area contributed by atoms with Gasteiger partial charge in [-0.2, -0.15) is 0 Å². The lowest BCUT2D eigenvalue weighted by Gasteiger charge is -2.23. The second-order valence-electron chi connectivity index (χ2n) is 7.91. The highest BCUT2D eigenvalue weighted by atomic mass is 16.2. The van der Waals surface area contributed by atoms with Crippen molar-refractivity contribution < 1.29 is 9.59 Å². The first kappa shape index (κ1) is 20.2. The summed E-state index contributed by atoms with van der Waals surface area (Å²) in [5.41, 5.74) is 0.994. The van der Waals surface area contributed by atoms with Crippen molar-refractivity contribution in [2.24, 2.45) is 10.8 Å². The Hall–Kier alpha value is -1.84. The van der Waals surface area contributed by atoms with Crippen molar-refractivity contribution >= 4 is 23.2 Å². The molecule has 4 nitrogen and oxygen atoms in total. The Bertz CT molecular complexity index is 577. The summed E-state index contributed by atoms with van der Waals surface area (Å²) in [4.78, 5) is 24.6. The Labute approximate surface area is 146 Å². The highest BCUT2D eigenvalue weighted by molar-refractivity contribution is 5.96. The Kier molecular flexibility index (Phi) is 7.00. The van der Waals surface area contributed by atoms with E-state index < -0.39 is 5.41 Å². The lowest BCUT2D eigenvalue weighted by atomic mass is 9.86. The largest absolute Gasteiger partial charge is 0.326 e. The molecule has 2 amide bonds. The summed E-state index contributed by atoms with van der Waals surface area (Å²) in [5.74, 6) is -0.00316. The highest BCUT2D eigenvalue weighted by Gasteiger charge is 2.26. The third-order valence-electron chi connectivity index (χ3n) is 4.49. The normalized spacial score (nSPS) is 11.9. The molecule has 0 radical (unpaired) electrons. The third kappa shape index (κ3) is 6.34. The molecule has 1 rings (SSSR count). The number of amides is 2. The van der Waals surface area contributed by atoms with Crippen molar-refractivity contribution in [3.05, 3.63) is 24.3 Å². The molecule has 0 saturated carbocycles. The van der Waals surface area contributed by atoms with Gasteiger partial charge in [0.15, 0.2) is 0 Å². The molecule has 134 valence electrons. The van der Waals surface area contributed by atoms with Crippen LogP contribution in [-0.2, 0) is 9.59 Å². The van der Waals surface area contributed by atoms with E-state index in [1.165, 1.54) is 0 Å². The lowest BCUT2D eigenvalue weighted by Crippen LogP contribution is -2.30. The van der Waals surface area contributed by atoms with Gasteiger partial charge >= 0.3 is 0 Å². The zero-order valence-corrected chi connectivity index (χ0v) is 16.0. The average molecular weight is 332 g/mol. The van der Waals surface area contributed by atoms with Crippen molar-refractivity contribution in [3.63, 3.8) is 0 Å². The molecule has 0 heterocycles. The van der Waals surface area contributed by atoms with Crippen LogP contribution in [0.25, 0.3) is 0 Å². The van der Waals surface area contributed by atoms with Crippen LogP contribution in [0, 0.1) is 10.8 Å². The second-order valence-corrected chi connectivity index (χ2v) is 7.91. The number of rotatable bonds is 8. The first-order valence-electron chi connectivity index (χ1n) is 8.81. The molecule has 0 bridgehead atoms. The van der Waals surface area contributed by atoms with Crippen LogP contribution < -0.4 is 10.6 Å². The third-order valence-corrected chi connectivity index (χ3v) is 4.49. The maximum absolute atomic E-state index is 12.4. The van der Waals surface area contributed by atoms with Crippen molar-refractivity contribution in [1.82, 2.24) is 0 Å². The summed E-state index contributed by atoms with van der Waals surface area (Å²) in [7, 11) is 0. The Morgan fingerprint density at radius 1 is 1.00 bits per heavy atom. The standard InChI is InChI=1S/C20H32N2O2/c1-7-12-20(5,6)18(24)22-16-11-9-10-15(13-16)21-17(23)14-19(3,4)8-2/h9-11,13H,7-8,12,14H2,1-6H3,(H,21,23)(H,22,24). The molecule has 0 fully saturated rings. The summed E-state index contributed by atoms with van der Waals surface area (Å²) in [5, 5.41) is 5.87. The maximum atomic E-state index is 12.4. The predicted molar refractivity (Wildman–Crippen MR) is 101 cm³/mol. The highest BCUT2D eigenvalue weighted by Crippen LogP contribution is 2.27. The number of hydrogen-bond donors (Lipinski definition) is 2. The van der Waals surface area contributed by atoms with Crippen LogP contribution in [0.4, 0.5) is 11.4 Å². The first-order chi connectivity index (χ1) is 11.1. The topological polar surface area (TPSA) is 58.2 Å². The molecule has 0 atom stereocenters. The summed E-state index contributed by atoms with van der Waals surface area (Å²) in [6, 6.07) is 7.31. The second kappa shape index (κ2) is 8.32. The fourth-order valence-electron chi connectivity index (χ4n) is 2.48. The van der Waals surface area contributed by atoms with E-state index in [-0.39, 0.29) is 17.2 Å². The van der Waals surface area contributed by atoms with E-state index in [1.54, 1.807) is 6.07 Å². The van der Waals surface area contributed by atoms with E-state index in [2.05, 4.69) is 38.3 Å². The van der Waals surface area contributed by atoms with Crippen LogP contribution in [0.3, 0.4) is 0 Å². The summed E-state index contributed by atoms with van der Waals surface area (Å²) in [6.45, 7) is 12.2. The molecule has 0 unspecified atom stereocenters. The predicted octanol–water partition coefficient (Wildman–Crippen LogP) is 5.22. The molecule has 0 aliphatic carbocycles. The van der Waals surface area contributed by atoms with E-state index in [9.17, 15) is 9.59 Å². The fraction of sp³-hybridized carbons (Fsp3) is 0.600. The molecular formula is C20H32N2O2. The summed E-state index contributed by atoms with van der Waals surface area (Å²) < 4.78 is 0. The molecule has 0 saturated heterocycles. The smallest absolute Gasteiger partial charge is 0.230 e. The zero-order chi connectivity index (χ0) is 18.4. The van der Waals surface area contributed by atoms with E-state index in [0.717, 1.165) is 19.3 Å². The van der Waals surface area contributed by atoms with Crippen LogP contribution in [-0.4, -0.2) is 11.8 Å². The van der Waals surface area contributed by atoms with E-state index >= 15 is 0 Å². The quantitative estimate of drug-likeness (QED) is 0.686. The monoisotopic (exact) mass is 332 g/mol. The number of benzene rings is 1. The van der Waals surface area contributed by atoms with Crippen molar-refractivity contribution in [3.8, 4) is 0 Å². The molecule has 0 aliphatic heterocycles. The van der Waals surface area contributed by atoms with Gasteiger partial charge < -0.3 is 10.6 Å². The van der Waals surface area contributed by atoms with Gasteiger partial charge in [0.05, 0.1) is 0 Å². The van der Waals surface area contributed by atoms with Crippen molar-refractivity contribution in [1.29, 1.82) is 0 Å². The first-order valence-corrected chi connectivity index (χ1v) is 8.81. The van der Waals surface area contributed by atoms with Gasteiger partial charge in [-0.1, -0.05) is 60.5 Å². The van der Waals surface area contributed by atoms with E-state index in [4.69, 9.17) is 0 Å². The van der Waals surface area contributed by atoms with Crippen LogP contribution >= 0.6 is 0 Å². The van der Waals surface area contributed by atoms with Crippen LogP contribution in [0.5, 0.6) is 0 Å². The molecule has 1 aromatic rings. The molecule has 0 aromatic heterocycles. The number of anilines is 2. The zero-order valence-electron chi connectivity index (χ0n) is 16.0. The molecule has 24 heavy (non-hydrogen) atoms. The van der Waals surface area contributed by atoms with Crippen LogP contribution in [0.1, 0.15) is 67.2 Å². The molecular weight excluding hydrogens is 300 g/mol. The van der Waals surface area contributed by atoms with Gasteiger partial charge in [0.25, 0.3) is 0 Å². The fourth-order valence-corrected chi connectivity index (χ4v) is 2.48. The van der Waals surface area contributed by atoms with Crippen molar-refractivity contribution in [2.45, 2.75) is 67.2 Å². The number of nitrogens with one attached hydrogen (secondary N) is 2. The molecule has 0 spiro atoms. The number of carbonyl (C=O) groups excluding carboxylic acids is 2. The molecule has 2 N–H and O–H groups in total. The summed E-state index contributed by atoms with van der Waals surface area (Å²) in [6.07, 6.45) is 3.22. The minimum Gasteiger partial charge on any atom is -0.326 e. The molecule has 0 aliphatic rings. The van der Waals surface area contributed by atoms with Gasteiger partial charge in [0, 0.05) is 23.2 Å². The van der Waals surface area contributed by atoms with E-state index in [1.807, 2.05) is 32.0 Å². The minimum atomic E-state index is -0.404. The van der Waals surface area contributed by atoms with Crippen LogP contribution in [0.2, 0.25) is 0 Å². The Balaban J connectivity index is 2.74. The SMILES string of the molecule is CCCC(C)(C)C(=O)Nc1cccc(NC(=O)CC(C)(C)CC)c1. The summed E-state index contributed by atoms with van der Waals surface area (Å²) >= 11 is 0. The molecule has 4 heteroatoms. The van der Waals surface area contributed by atoms with Crippen molar-refractivity contribution in [2.75, 3.05) is 10.6 Å². The van der Waals surface area contributed by atoms with Gasteiger partial charge in [0.1, 0.15) is 0 Å². The van der Waals surface area contributed by atoms with Gasteiger partial charge in [-0.25, -0.2) is 0 Å². The van der Waals surface area contributed by atoms with Gasteiger partial charge in [0.2, 0.25) is 11.8 Å². The Morgan fingerprint density at radius 2 is 1.58 bits per heavy atom. The number of hydrogen-bond acceptors (Lipinski definition) is 2. The molecule has 1 aromatic carbocycles. The van der Waals surface area contributed by atoms with E-state index in [0.29, 0.717) is 17.8 Å². The van der Waals surface area contributed by atoms with Gasteiger partial charge in [-0.3, -0.25) is 9.59 Å². The van der Waals surface area contributed by atoms with Gasteiger partial charge in [-0.05, 0) is 30.0 Å². The Morgan fingerprint density at radius 3 is 2.12 bits per heavy atom. The van der Waals surface area contributed by atoms with Crippen LogP contribution in [0.15, 0.2) is 24.3 Å². The number of carbonyl (C=O) groups is 2. The van der Waals surface area contributed by atoms with Gasteiger partial charge in [-0.15, -0.1) is 0 Å². The minimum absolute atomic E-state index is 0.0000529. The lowest BCUT2D eigenvalue weighted by molar-refractivity contribution is -0.124.